The van der Waals surface area contributed by atoms with Crippen molar-refractivity contribution in [3.63, 3.8) is 0 Å². The fourth-order valence-corrected chi connectivity index (χ4v) is 3.93. The first-order chi connectivity index (χ1) is 9.78. The molecule has 0 saturated heterocycles. The Morgan fingerprint density at radius 3 is 2.85 bits per heavy atom. The van der Waals surface area contributed by atoms with Crippen LogP contribution in [0.25, 0.3) is 11.0 Å². The summed E-state index contributed by atoms with van der Waals surface area (Å²) < 4.78 is 3.64. The summed E-state index contributed by atoms with van der Waals surface area (Å²) in [5, 5.41) is 0. The molecule has 1 aliphatic carbocycles. The van der Waals surface area contributed by atoms with Crippen LogP contribution >= 0.6 is 34.2 Å². The average molecular weight is 403 g/mol. The van der Waals surface area contributed by atoms with E-state index in [1.165, 1.54) is 41.2 Å². The van der Waals surface area contributed by atoms with E-state index in [2.05, 4.69) is 45.4 Å². The third kappa shape index (κ3) is 3.14. The first-order valence-corrected chi connectivity index (χ1v) is 9.10. The van der Waals surface area contributed by atoms with E-state index in [-0.39, 0.29) is 0 Å². The highest BCUT2D eigenvalue weighted by Gasteiger charge is 2.17. The van der Waals surface area contributed by atoms with Gasteiger partial charge in [-0.25, -0.2) is 4.98 Å². The normalized spacial score (nSPS) is 16.3. The minimum absolute atomic E-state index is 0.643. The van der Waals surface area contributed by atoms with Crippen molar-refractivity contribution in [1.82, 2.24) is 9.55 Å². The fourth-order valence-electron chi connectivity index (χ4n) is 3.29. The molecule has 0 amide bonds. The van der Waals surface area contributed by atoms with Crippen molar-refractivity contribution >= 4 is 45.2 Å². The topological polar surface area (TPSA) is 17.8 Å². The number of benzene rings is 1. The Kier molecular flexibility index (Phi) is 4.87. The number of hydrogen-bond donors (Lipinski definition) is 0. The molecule has 3 rings (SSSR count). The predicted molar refractivity (Wildman–Crippen MR) is 93.4 cm³/mol. The second kappa shape index (κ2) is 6.65. The molecule has 20 heavy (non-hydrogen) atoms. The van der Waals surface area contributed by atoms with Crippen LogP contribution in [0.15, 0.2) is 18.2 Å². The van der Waals surface area contributed by atoms with Gasteiger partial charge in [0.05, 0.1) is 11.0 Å². The number of imidazole rings is 1. The molecule has 1 aliphatic rings. The molecule has 2 nitrogen and oxygen atoms in total. The summed E-state index contributed by atoms with van der Waals surface area (Å²) in [7, 11) is 0. The van der Waals surface area contributed by atoms with Crippen LogP contribution in [0.1, 0.15) is 37.9 Å². The largest absolute Gasteiger partial charge is 0.328 e. The first-order valence-electron chi connectivity index (χ1n) is 7.48. The minimum atomic E-state index is 0.643. The molecule has 4 heteroatoms. The summed E-state index contributed by atoms with van der Waals surface area (Å²) in [6.45, 7) is 1.09. The van der Waals surface area contributed by atoms with Crippen LogP contribution < -0.4 is 0 Å². The lowest BCUT2D eigenvalue weighted by atomic mass is 10.0. The van der Waals surface area contributed by atoms with Gasteiger partial charge in [0, 0.05) is 22.4 Å². The summed E-state index contributed by atoms with van der Waals surface area (Å²) in [6.07, 6.45) is 7.80. The molecule has 0 N–H and O–H groups in total. The van der Waals surface area contributed by atoms with Crippen molar-refractivity contribution in [2.45, 2.75) is 45.1 Å². The van der Waals surface area contributed by atoms with Gasteiger partial charge >= 0.3 is 0 Å². The van der Waals surface area contributed by atoms with Gasteiger partial charge in [0.2, 0.25) is 0 Å². The van der Waals surface area contributed by atoms with Crippen molar-refractivity contribution in [2.75, 3.05) is 5.88 Å². The number of rotatable bonds is 5. The van der Waals surface area contributed by atoms with Gasteiger partial charge in [-0.2, -0.15) is 0 Å². The van der Waals surface area contributed by atoms with Crippen LogP contribution in [0.4, 0.5) is 0 Å². The molecular weight excluding hydrogens is 383 g/mol. The van der Waals surface area contributed by atoms with Crippen molar-refractivity contribution in [3.8, 4) is 0 Å². The molecule has 1 saturated carbocycles. The van der Waals surface area contributed by atoms with Gasteiger partial charge in [0.25, 0.3) is 0 Å². The zero-order chi connectivity index (χ0) is 13.9. The molecule has 2 aromatic rings. The zero-order valence-electron chi connectivity index (χ0n) is 11.6. The molecule has 0 radical (unpaired) electrons. The minimum Gasteiger partial charge on any atom is -0.328 e. The predicted octanol–water partition coefficient (Wildman–Crippen LogP) is 5.00. The summed E-state index contributed by atoms with van der Waals surface area (Å²) in [5.74, 6) is 2.71. The molecule has 1 heterocycles. The number of alkyl halides is 1. The lowest BCUT2D eigenvalue weighted by Gasteiger charge is -2.12. The van der Waals surface area contributed by atoms with Crippen molar-refractivity contribution < 1.29 is 0 Å². The number of aromatic nitrogens is 2. The van der Waals surface area contributed by atoms with Crippen molar-refractivity contribution in [3.05, 3.63) is 27.6 Å². The molecule has 1 aromatic heterocycles. The lowest BCUT2D eigenvalue weighted by molar-refractivity contribution is 0.457. The number of aryl methyl sites for hydroxylation is 2. The Hall–Kier alpha value is -0.290. The number of hydrogen-bond acceptors (Lipinski definition) is 1. The maximum absolute atomic E-state index is 5.94. The monoisotopic (exact) mass is 402 g/mol. The summed E-state index contributed by atoms with van der Waals surface area (Å²) in [5.41, 5.74) is 2.38. The van der Waals surface area contributed by atoms with Gasteiger partial charge in [-0.15, -0.1) is 11.6 Å². The van der Waals surface area contributed by atoms with Gasteiger partial charge in [0.1, 0.15) is 5.82 Å². The zero-order valence-corrected chi connectivity index (χ0v) is 14.5. The smallest absolute Gasteiger partial charge is 0.111 e. The Morgan fingerprint density at radius 1 is 1.30 bits per heavy atom. The van der Waals surface area contributed by atoms with Crippen LogP contribution in [-0.4, -0.2) is 15.4 Å². The SMILES string of the molecule is ClCCc1nc2cc(I)ccc2n1CCC1CCCC1. The van der Waals surface area contributed by atoms with Gasteiger partial charge in [0.15, 0.2) is 0 Å². The molecular formula is C16H20ClIN2. The third-order valence-corrected chi connectivity index (χ3v) is 5.20. The molecule has 0 aliphatic heterocycles. The van der Waals surface area contributed by atoms with Crippen LogP contribution in [0.5, 0.6) is 0 Å². The van der Waals surface area contributed by atoms with Gasteiger partial charge < -0.3 is 4.57 Å². The summed E-state index contributed by atoms with van der Waals surface area (Å²) >= 11 is 8.29. The third-order valence-electron chi connectivity index (χ3n) is 4.34. The second-order valence-corrected chi connectivity index (χ2v) is 7.31. The summed E-state index contributed by atoms with van der Waals surface area (Å²) in [4.78, 5) is 4.78. The second-order valence-electron chi connectivity index (χ2n) is 5.69. The van der Waals surface area contributed by atoms with Crippen LogP contribution in [0.3, 0.4) is 0 Å². The quantitative estimate of drug-likeness (QED) is 0.508. The van der Waals surface area contributed by atoms with Crippen molar-refractivity contribution in [2.24, 2.45) is 5.92 Å². The Bertz CT molecular complexity index is 587. The number of fused-ring (bicyclic) bond motifs is 1. The van der Waals surface area contributed by atoms with E-state index in [1.54, 1.807) is 0 Å². The van der Waals surface area contributed by atoms with Crippen LogP contribution in [0.2, 0.25) is 0 Å². The molecule has 0 unspecified atom stereocenters. The molecule has 0 atom stereocenters. The maximum atomic E-state index is 5.94. The number of nitrogens with zero attached hydrogens (tertiary/aromatic N) is 2. The van der Waals surface area contributed by atoms with E-state index in [4.69, 9.17) is 16.6 Å². The highest BCUT2D eigenvalue weighted by molar-refractivity contribution is 14.1. The van der Waals surface area contributed by atoms with Crippen molar-refractivity contribution in [1.29, 1.82) is 0 Å². The number of halogens is 2. The van der Waals surface area contributed by atoms with Crippen LogP contribution in [0, 0.1) is 9.49 Å². The van der Waals surface area contributed by atoms with Gasteiger partial charge in [-0.05, 0) is 53.1 Å². The van der Waals surface area contributed by atoms with E-state index < -0.39 is 0 Å². The van der Waals surface area contributed by atoms with Crippen LogP contribution in [-0.2, 0) is 13.0 Å². The van der Waals surface area contributed by atoms with E-state index in [0.717, 1.165) is 30.2 Å². The molecule has 0 bridgehead atoms. The van der Waals surface area contributed by atoms with Gasteiger partial charge in [-0.1, -0.05) is 25.7 Å². The maximum Gasteiger partial charge on any atom is 0.111 e. The van der Waals surface area contributed by atoms with E-state index in [1.807, 2.05) is 0 Å². The average Bonchev–Trinajstić information content (AvgIpc) is 3.04. The molecule has 1 aromatic carbocycles. The summed E-state index contributed by atoms with van der Waals surface area (Å²) in [6, 6.07) is 6.54. The molecule has 0 spiro atoms. The lowest BCUT2D eigenvalue weighted by Crippen LogP contribution is -2.08. The molecule has 1 fully saturated rings. The first kappa shape index (κ1) is 14.6. The fraction of sp³-hybridized carbons (Fsp3) is 0.562. The molecule has 108 valence electrons. The van der Waals surface area contributed by atoms with E-state index in [9.17, 15) is 0 Å². The highest BCUT2D eigenvalue weighted by Crippen LogP contribution is 2.29. The highest BCUT2D eigenvalue weighted by atomic mass is 127. The standard InChI is InChI=1S/C16H20ClIN2/c17-9-7-16-19-14-11-13(18)5-6-15(14)20(16)10-8-12-3-1-2-4-12/h5-6,11-12H,1-4,7-10H2. The Labute approximate surface area is 139 Å². The Balaban J connectivity index is 1.87. The Morgan fingerprint density at radius 2 is 2.10 bits per heavy atom. The van der Waals surface area contributed by atoms with E-state index in [0.29, 0.717) is 5.88 Å². The van der Waals surface area contributed by atoms with Gasteiger partial charge in [-0.3, -0.25) is 0 Å². The van der Waals surface area contributed by atoms with E-state index >= 15 is 0 Å².